The molecule has 0 radical (unpaired) electrons. The van der Waals surface area contributed by atoms with Crippen molar-refractivity contribution in [2.24, 2.45) is 0 Å². The van der Waals surface area contributed by atoms with Gasteiger partial charge in [0, 0.05) is 40.4 Å². The summed E-state index contributed by atoms with van der Waals surface area (Å²) in [5, 5.41) is 9.88. The van der Waals surface area contributed by atoms with Crippen LogP contribution in [0.4, 0.5) is 11.5 Å². The van der Waals surface area contributed by atoms with Crippen molar-refractivity contribution in [3.8, 4) is 0 Å². The highest BCUT2D eigenvalue weighted by Gasteiger charge is 2.40. The van der Waals surface area contributed by atoms with E-state index in [9.17, 15) is 23.3 Å². The van der Waals surface area contributed by atoms with Crippen LogP contribution in [0, 0.1) is 10.1 Å². The van der Waals surface area contributed by atoms with Crippen LogP contribution in [0.5, 0.6) is 0 Å². The number of anilines is 1. The molecule has 0 saturated carbocycles. The molecule has 0 aliphatic carbocycles. The van der Waals surface area contributed by atoms with Crippen molar-refractivity contribution >= 4 is 53.1 Å². The fourth-order valence-corrected chi connectivity index (χ4v) is 3.18. The molecule has 20 heavy (non-hydrogen) atoms. The summed E-state index contributed by atoms with van der Waals surface area (Å²) in [6.45, 7) is -0.250. The van der Waals surface area contributed by atoms with Crippen LogP contribution >= 0.6 is 26.6 Å². The molecular weight excluding hydrogens is 378 g/mol. The van der Waals surface area contributed by atoms with Gasteiger partial charge in [0.05, 0.1) is 4.92 Å². The molecule has 1 amide bonds. The van der Waals surface area contributed by atoms with E-state index in [0.29, 0.717) is 4.47 Å². The lowest BCUT2D eigenvalue weighted by Gasteiger charge is -2.14. The zero-order valence-electron chi connectivity index (χ0n) is 9.69. The highest BCUT2D eigenvalue weighted by molar-refractivity contribution is 9.10. The third-order valence-electron chi connectivity index (χ3n) is 2.75. The van der Waals surface area contributed by atoms with Crippen LogP contribution in [-0.2, 0) is 13.8 Å². The van der Waals surface area contributed by atoms with Gasteiger partial charge in [-0.3, -0.25) is 19.8 Å². The number of nitrogens with zero attached hydrogens (tertiary/aromatic N) is 3. The van der Waals surface area contributed by atoms with Gasteiger partial charge in [-0.15, -0.1) is 0 Å². The number of hydrogen-bond acceptors (Lipinski definition) is 6. The Morgan fingerprint density at radius 1 is 1.55 bits per heavy atom. The SMILES string of the molecule is O=C1CC(S(=O)(=O)Cl)CN1c1ncc(Br)cc1[N+](=O)[O-]. The summed E-state index contributed by atoms with van der Waals surface area (Å²) in [4.78, 5) is 26.9. The van der Waals surface area contributed by atoms with Crippen molar-refractivity contribution in [3.05, 3.63) is 26.9 Å². The van der Waals surface area contributed by atoms with E-state index in [-0.39, 0.29) is 24.5 Å². The molecule has 1 aliphatic heterocycles. The lowest BCUT2D eigenvalue weighted by molar-refractivity contribution is -0.384. The highest BCUT2D eigenvalue weighted by Crippen LogP contribution is 2.33. The van der Waals surface area contributed by atoms with Gasteiger partial charge in [0.25, 0.3) is 0 Å². The lowest BCUT2D eigenvalue weighted by Crippen LogP contribution is -2.28. The van der Waals surface area contributed by atoms with Gasteiger partial charge in [-0.2, -0.15) is 0 Å². The molecule has 1 atom stereocenters. The summed E-state index contributed by atoms with van der Waals surface area (Å²) in [5.41, 5.74) is -0.389. The summed E-state index contributed by atoms with van der Waals surface area (Å²) < 4.78 is 22.9. The average Bonchev–Trinajstić information content (AvgIpc) is 2.71. The van der Waals surface area contributed by atoms with Crippen molar-refractivity contribution < 1.29 is 18.1 Å². The first-order valence-electron chi connectivity index (χ1n) is 5.24. The highest BCUT2D eigenvalue weighted by atomic mass is 79.9. The Morgan fingerprint density at radius 2 is 2.20 bits per heavy atom. The largest absolute Gasteiger partial charge is 0.313 e. The van der Waals surface area contributed by atoms with E-state index in [1.807, 2.05) is 0 Å². The molecule has 1 saturated heterocycles. The first-order chi connectivity index (χ1) is 9.20. The Labute approximate surface area is 126 Å². The Morgan fingerprint density at radius 3 is 2.70 bits per heavy atom. The molecule has 0 aromatic carbocycles. The zero-order valence-corrected chi connectivity index (χ0v) is 12.9. The summed E-state index contributed by atoms with van der Waals surface area (Å²) in [7, 11) is 1.30. The van der Waals surface area contributed by atoms with Crippen LogP contribution in [-0.4, -0.2) is 36.0 Å². The molecule has 8 nitrogen and oxygen atoms in total. The number of amides is 1. The monoisotopic (exact) mass is 383 g/mol. The fraction of sp³-hybridized carbons (Fsp3) is 0.333. The van der Waals surface area contributed by atoms with Crippen LogP contribution in [0.2, 0.25) is 0 Å². The molecule has 1 aliphatic rings. The van der Waals surface area contributed by atoms with Crippen molar-refractivity contribution in [1.29, 1.82) is 0 Å². The smallest absolute Gasteiger partial charge is 0.290 e. The second-order valence-electron chi connectivity index (χ2n) is 4.06. The minimum absolute atomic E-state index is 0.189. The third-order valence-corrected chi connectivity index (χ3v) is 5.06. The van der Waals surface area contributed by atoms with E-state index in [1.54, 1.807) is 0 Å². The van der Waals surface area contributed by atoms with E-state index < -0.39 is 25.1 Å². The standard InChI is InChI=1S/C9H7BrClN3O5S/c10-5-1-7(14(16)17)9(12-3-5)13-4-6(2-8(13)15)20(11,18)19/h1,3,6H,2,4H2. The van der Waals surface area contributed by atoms with Gasteiger partial charge in [0.15, 0.2) is 0 Å². The quantitative estimate of drug-likeness (QED) is 0.443. The molecule has 2 heterocycles. The van der Waals surface area contributed by atoms with Gasteiger partial charge in [0.1, 0.15) is 5.25 Å². The maximum Gasteiger partial charge on any atom is 0.313 e. The van der Waals surface area contributed by atoms with Gasteiger partial charge in [0.2, 0.25) is 20.8 Å². The van der Waals surface area contributed by atoms with Crippen LogP contribution < -0.4 is 4.90 Å². The molecule has 11 heteroatoms. The molecule has 0 bridgehead atoms. The minimum Gasteiger partial charge on any atom is -0.290 e. The number of halogens is 2. The maximum atomic E-state index is 11.8. The molecule has 1 aromatic rings. The number of nitro groups is 1. The maximum absolute atomic E-state index is 11.8. The Bertz CT molecular complexity index is 695. The second kappa shape index (κ2) is 5.26. The second-order valence-corrected chi connectivity index (χ2v) is 7.88. The number of carbonyl (C=O) groups excluding carboxylic acids is 1. The van der Waals surface area contributed by atoms with Crippen molar-refractivity contribution in [2.75, 3.05) is 11.4 Å². The predicted octanol–water partition coefficient (Wildman–Crippen LogP) is 1.43. The summed E-state index contributed by atoms with van der Waals surface area (Å²) in [5.74, 6) is -0.761. The predicted molar refractivity (Wildman–Crippen MR) is 74.1 cm³/mol. The topological polar surface area (TPSA) is 110 Å². The van der Waals surface area contributed by atoms with Crippen LogP contribution in [0.15, 0.2) is 16.7 Å². The normalized spacial score (nSPS) is 19.4. The molecule has 1 aromatic heterocycles. The molecule has 108 valence electrons. The molecular formula is C9H7BrClN3O5S. The van der Waals surface area contributed by atoms with Crippen molar-refractivity contribution in [3.63, 3.8) is 0 Å². The van der Waals surface area contributed by atoms with Gasteiger partial charge >= 0.3 is 5.69 Å². The summed E-state index contributed by atoms with van der Waals surface area (Å²) in [6, 6.07) is 1.19. The molecule has 0 spiro atoms. The number of pyridine rings is 1. The van der Waals surface area contributed by atoms with Crippen LogP contribution in [0.1, 0.15) is 6.42 Å². The Hall–Kier alpha value is -1.26. The average molecular weight is 385 g/mol. The molecule has 2 rings (SSSR count). The lowest BCUT2D eigenvalue weighted by atomic mass is 10.3. The first kappa shape index (κ1) is 15.1. The third kappa shape index (κ3) is 2.91. The van der Waals surface area contributed by atoms with E-state index in [0.717, 1.165) is 4.90 Å². The van der Waals surface area contributed by atoms with Crippen molar-refractivity contribution in [2.45, 2.75) is 11.7 Å². The van der Waals surface area contributed by atoms with Gasteiger partial charge in [-0.1, -0.05) is 0 Å². The number of carbonyl (C=O) groups is 1. The number of aromatic nitrogens is 1. The molecule has 1 unspecified atom stereocenters. The number of rotatable bonds is 3. The molecule has 1 fully saturated rings. The van der Waals surface area contributed by atoms with E-state index >= 15 is 0 Å². The minimum atomic E-state index is -3.91. The van der Waals surface area contributed by atoms with E-state index in [1.165, 1.54) is 12.3 Å². The zero-order chi connectivity index (χ0) is 15.1. The van der Waals surface area contributed by atoms with Gasteiger partial charge < -0.3 is 0 Å². The van der Waals surface area contributed by atoms with Gasteiger partial charge in [-0.25, -0.2) is 13.4 Å². The van der Waals surface area contributed by atoms with Gasteiger partial charge in [-0.05, 0) is 15.9 Å². The first-order valence-corrected chi connectivity index (χ1v) is 8.40. The summed E-state index contributed by atoms with van der Waals surface area (Å²) >= 11 is 3.04. The molecule has 0 N–H and O–H groups in total. The Kier molecular flexibility index (Phi) is 3.98. The van der Waals surface area contributed by atoms with E-state index in [4.69, 9.17) is 10.7 Å². The fourth-order valence-electron chi connectivity index (χ4n) is 1.83. The van der Waals surface area contributed by atoms with E-state index in [2.05, 4.69) is 20.9 Å². The van der Waals surface area contributed by atoms with Crippen LogP contribution in [0.3, 0.4) is 0 Å². The number of hydrogen-bond donors (Lipinski definition) is 0. The van der Waals surface area contributed by atoms with Crippen LogP contribution in [0.25, 0.3) is 0 Å². The Balaban J connectivity index is 2.43. The summed E-state index contributed by atoms with van der Waals surface area (Å²) in [6.07, 6.45) is 0.971. The van der Waals surface area contributed by atoms with Crippen molar-refractivity contribution in [1.82, 2.24) is 4.98 Å².